The van der Waals surface area contributed by atoms with Crippen molar-refractivity contribution in [2.75, 3.05) is 11.9 Å². The molecule has 31 heavy (non-hydrogen) atoms. The van der Waals surface area contributed by atoms with E-state index in [0.29, 0.717) is 22.0 Å². The predicted octanol–water partition coefficient (Wildman–Crippen LogP) is 3.07. The van der Waals surface area contributed by atoms with Crippen molar-refractivity contribution in [1.82, 2.24) is 19.8 Å². The summed E-state index contributed by atoms with van der Waals surface area (Å²) in [6.07, 6.45) is 4.94. The van der Waals surface area contributed by atoms with Crippen LogP contribution in [0.3, 0.4) is 0 Å². The van der Waals surface area contributed by atoms with Gasteiger partial charge in [0.2, 0.25) is 5.91 Å². The van der Waals surface area contributed by atoms with Crippen molar-refractivity contribution in [2.45, 2.75) is 12.5 Å². The molecule has 2 aromatic carbocycles. The molecule has 1 saturated heterocycles. The second-order valence-corrected chi connectivity index (χ2v) is 7.54. The average molecular weight is 442 g/mol. The Morgan fingerprint density at radius 2 is 1.97 bits per heavy atom. The fourth-order valence-corrected chi connectivity index (χ4v) is 3.64. The van der Waals surface area contributed by atoms with Gasteiger partial charge < -0.3 is 15.2 Å². The summed E-state index contributed by atoms with van der Waals surface area (Å²) in [5.41, 5.74) is 0.117. The number of halogens is 2. The molecule has 158 valence electrons. The highest BCUT2D eigenvalue weighted by molar-refractivity contribution is 6.32. The largest absolute Gasteiger partial charge is 0.325 e. The minimum atomic E-state index is -1.39. The summed E-state index contributed by atoms with van der Waals surface area (Å²) in [6.45, 7) is 1.02. The topological polar surface area (TPSA) is 96.3 Å². The molecular formula is C21H17ClFN5O3. The van der Waals surface area contributed by atoms with E-state index in [0.717, 1.165) is 4.90 Å². The van der Waals surface area contributed by atoms with E-state index in [1.807, 2.05) is 0 Å². The molecule has 4 amide bonds. The molecule has 1 aliphatic heterocycles. The molecule has 0 saturated carbocycles. The van der Waals surface area contributed by atoms with E-state index < -0.39 is 35.7 Å². The number of urea groups is 1. The summed E-state index contributed by atoms with van der Waals surface area (Å²) >= 11 is 6.28. The number of benzene rings is 2. The van der Waals surface area contributed by atoms with Crippen molar-refractivity contribution in [3.63, 3.8) is 0 Å². The number of imidazole rings is 1. The first kappa shape index (κ1) is 20.5. The standard InChI is InChI=1S/C21H17ClFN5O3/c1-21(13-2-4-14(23)5-3-13)19(30)28(20(31)26-21)11-18(29)25-15-6-7-17(16(22)10-15)27-9-8-24-12-27/h2-10,12H,11H2,1H3,(H,25,29)(H,26,31). The summed E-state index contributed by atoms with van der Waals surface area (Å²) in [5.74, 6) is -1.64. The van der Waals surface area contributed by atoms with Gasteiger partial charge in [0.05, 0.1) is 17.0 Å². The van der Waals surface area contributed by atoms with Crippen molar-refractivity contribution < 1.29 is 18.8 Å². The molecule has 4 rings (SSSR count). The number of nitrogens with zero attached hydrogens (tertiary/aromatic N) is 3. The fourth-order valence-electron chi connectivity index (χ4n) is 3.36. The first-order valence-corrected chi connectivity index (χ1v) is 9.63. The summed E-state index contributed by atoms with van der Waals surface area (Å²) in [7, 11) is 0. The van der Waals surface area contributed by atoms with Crippen LogP contribution in [-0.4, -0.2) is 38.8 Å². The first-order chi connectivity index (χ1) is 14.8. The highest BCUT2D eigenvalue weighted by atomic mass is 35.5. The van der Waals surface area contributed by atoms with Crippen LogP contribution in [0.4, 0.5) is 14.9 Å². The van der Waals surface area contributed by atoms with Crippen LogP contribution in [-0.2, 0) is 15.1 Å². The van der Waals surface area contributed by atoms with Gasteiger partial charge in [-0.15, -0.1) is 0 Å². The molecule has 1 aliphatic rings. The molecule has 3 aromatic rings. The van der Waals surface area contributed by atoms with E-state index >= 15 is 0 Å². The SMILES string of the molecule is CC1(c2ccc(F)cc2)NC(=O)N(CC(=O)Nc2ccc(-n3ccnc3)c(Cl)c2)C1=O. The molecule has 0 spiro atoms. The summed E-state index contributed by atoms with van der Waals surface area (Å²) < 4.78 is 14.9. The maximum absolute atomic E-state index is 13.2. The van der Waals surface area contributed by atoms with Gasteiger partial charge in [-0.05, 0) is 42.8 Å². The van der Waals surface area contributed by atoms with Crippen LogP contribution in [0, 0.1) is 5.82 Å². The quantitative estimate of drug-likeness (QED) is 0.595. The van der Waals surface area contributed by atoms with E-state index in [-0.39, 0.29) is 0 Å². The van der Waals surface area contributed by atoms with Gasteiger partial charge >= 0.3 is 6.03 Å². The molecule has 1 fully saturated rings. The Morgan fingerprint density at radius 3 is 2.61 bits per heavy atom. The third kappa shape index (κ3) is 3.87. The minimum absolute atomic E-state index is 0.384. The Morgan fingerprint density at radius 1 is 1.23 bits per heavy atom. The van der Waals surface area contributed by atoms with Gasteiger partial charge in [0.1, 0.15) is 17.9 Å². The second-order valence-electron chi connectivity index (χ2n) is 7.14. The van der Waals surface area contributed by atoms with Gasteiger partial charge in [-0.25, -0.2) is 14.2 Å². The number of anilines is 1. The molecule has 1 atom stereocenters. The minimum Gasteiger partial charge on any atom is -0.324 e. The Balaban J connectivity index is 1.46. The Hall–Kier alpha value is -3.72. The number of imide groups is 1. The van der Waals surface area contributed by atoms with Crippen LogP contribution in [0.1, 0.15) is 12.5 Å². The Kier molecular flexibility index (Phi) is 5.20. The first-order valence-electron chi connectivity index (χ1n) is 9.26. The Labute approximate surface area is 181 Å². The van der Waals surface area contributed by atoms with Crippen molar-refractivity contribution in [1.29, 1.82) is 0 Å². The maximum Gasteiger partial charge on any atom is 0.325 e. The molecule has 10 heteroatoms. The predicted molar refractivity (Wildman–Crippen MR) is 111 cm³/mol. The van der Waals surface area contributed by atoms with Gasteiger partial charge in [0, 0.05) is 18.1 Å². The molecule has 1 aromatic heterocycles. The molecule has 8 nitrogen and oxygen atoms in total. The third-order valence-corrected chi connectivity index (χ3v) is 5.32. The number of hydrogen-bond acceptors (Lipinski definition) is 4. The van der Waals surface area contributed by atoms with E-state index in [2.05, 4.69) is 15.6 Å². The smallest absolute Gasteiger partial charge is 0.324 e. The van der Waals surface area contributed by atoms with Crippen LogP contribution in [0.15, 0.2) is 61.2 Å². The second kappa shape index (κ2) is 7.84. The average Bonchev–Trinajstić information content (AvgIpc) is 3.32. The summed E-state index contributed by atoms with van der Waals surface area (Å²) in [5, 5.41) is 5.58. The van der Waals surface area contributed by atoms with Crippen molar-refractivity contribution in [3.8, 4) is 5.69 Å². The number of carbonyl (C=O) groups is 3. The van der Waals surface area contributed by atoms with Crippen molar-refractivity contribution in [2.24, 2.45) is 0 Å². The maximum atomic E-state index is 13.2. The lowest BCUT2D eigenvalue weighted by atomic mass is 9.92. The van der Waals surface area contributed by atoms with Gasteiger partial charge in [0.25, 0.3) is 5.91 Å². The summed E-state index contributed by atoms with van der Waals surface area (Å²) in [4.78, 5) is 42.5. The highest BCUT2D eigenvalue weighted by Gasteiger charge is 2.49. The van der Waals surface area contributed by atoms with Gasteiger partial charge in [0.15, 0.2) is 0 Å². The number of carbonyl (C=O) groups excluding carboxylic acids is 3. The fraction of sp³-hybridized carbons (Fsp3) is 0.143. The number of rotatable bonds is 5. The normalized spacial score (nSPS) is 18.2. The van der Waals surface area contributed by atoms with Gasteiger partial charge in [-0.1, -0.05) is 23.7 Å². The highest BCUT2D eigenvalue weighted by Crippen LogP contribution is 2.29. The lowest BCUT2D eigenvalue weighted by Gasteiger charge is -2.22. The van der Waals surface area contributed by atoms with Crippen LogP contribution in [0.2, 0.25) is 5.02 Å². The molecule has 0 aliphatic carbocycles. The van der Waals surface area contributed by atoms with Crippen LogP contribution >= 0.6 is 11.6 Å². The van der Waals surface area contributed by atoms with E-state index in [1.54, 1.807) is 41.5 Å². The van der Waals surface area contributed by atoms with Crippen LogP contribution < -0.4 is 10.6 Å². The molecule has 2 N–H and O–H groups in total. The number of aromatic nitrogens is 2. The molecule has 2 heterocycles. The van der Waals surface area contributed by atoms with E-state index in [9.17, 15) is 18.8 Å². The van der Waals surface area contributed by atoms with Crippen LogP contribution in [0.5, 0.6) is 0 Å². The van der Waals surface area contributed by atoms with Gasteiger partial charge in [-0.3, -0.25) is 14.5 Å². The number of amides is 4. The van der Waals surface area contributed by atoms with Gasteiger partial charge in [-0.2, -0.15) is 0 Å². The van der Waals surface area contributed by atoms with Crippen LogP contribution in [0.25, 0.3) is 5.69 Å². The molecule has 1 unspecified atom stereocenters. The summed E-state index contributed by atoms with van der Waals surface area (Å²) in [6, 6.07) is 9.44. The number of hydrogen-bond donors (Lipinski definition) is 2. The molecule has 0 bridgehead atoms. The zero-order valence-corrected chi connectivity index (χ0v) is 17.1. The van der Waals surface area contributed by atoms with E-state index in [1.165, 1.54) is 31.2 Å². The van der Waals surface area contributed by atoms with Crippen molar-refractivity contribution in [3.05, 3.63) is 77.6 Å². The lowest BCUT2D eigenvalue weighted by Crippen LogP contribution is -2.42. The van der Waals surface area contributed by atoms with Crippen molar-refractivity contribution >= 4 is 35.1 Å². The zero-order chi connectivity index (χ0) is 22.2. The Bertz CT molecular complexity index is 1170. The lowest BCUT2D eigenvalue weighted by molar-refractivity contribution is -0.133. The third-order valence-electron chi connectivity index (χ3n) is 5.01. The molecule has 0 radical (unpaired) electrons. The van der Waals surface area contributed by atoms with E-state index in [4.69, 9.17) is 11.6 Å². The number of nitrogens with one attached hydrogen (secondary N) is 2. The molecular weight excluding hydrogens is 425 g/mol. The zero-order valence-electron chi connectivity index (χ0n) is 16.3. The monoisotopic (exact) mass is 441 g/mol.